The van der Waals surface area contributed by atoms with Gasteiger partial charge in [-0.05, 0) is 55.0 Å². The van der Waals surface area contributed by atoms with Crippen LogP contribution < -0.4 is 10.1 Å². The standard InChI is InChI=1S/C24H19N5O2/c1-17-26-10-11-29(17)23-9-8-21(15-27-23)28-24(30)20-6-2-5-19(12-20)16-31-22-7-3-4-18(13-22)14-25/h2-13,15H,16H2,1H3,(H,28,30). The van der Waals surface area contributed by atoms with Gasteiger partial charge in [0.1, 0.15) is 24.0 Å². The van der Waals surface area contributed by atoms with Crippen LogP contribution in [0.1, 0.15) is 27.3 Å². The van der Waals surface area contributed by atoms with E-state index >= 15 is 0 Å². The van der Waals surface area contributed by atoms with Crippen molar-refractivity contribution in [3.8, 4) is 17.6 Å². The zero-order valence-electron chi connectivity index (χ0n) is 16.8. The van der Waals surface area contributed by atoms with E-state index in [1.54, 1.807) is 54.9 Å². The molecule has 0 atom stereocenters. The zero-order valence-corrected chi connectivity index (χ0v) is 16.8. The molecule has 7 nitrogen and oxygen atoms in total. The molecule has 2 aromatic heterocycles. The van der Waals surface area contributed by atoms with Crippen LogP contribution in [0.4, 0.5) is 5.69 Å². The number of nitrogens with zero attached hydrogens (tertiary/aromatic N) is 4. The maximum absolute atomic E-state index is 12.7. The smallest absolute Gasteiger partial charge is 0.255 e. The van der Waals surface area contributed by atoms with Crippen LogP contribution >= 0.6 is 0 Å². The van der Waals surface area contributed by atoms with E-state index in [1.165, 1.54) is 0 Å². The van der Waals surface area contributed by atoms with E-state index in [0.717, 1.165) is 17.2 Å². The van der Waals surface area contributed by atoms with Gasteiger partial charge in [0.05, 0.1) is 23.5 Å². The summed E-state index contributed by atoms with van der Waals surface area (Å²) >= 11 is 0. The van der Waals surface area contributed by atoms with Gasteiger partial charge < -0.3 is 10.1 Å². The molecule has 2 aromatic carbocycles. The number of hydrogen-bond donors (Lipinski definition) is 1. The summed E-state index contributed by atoms with van der Waals surface area (Å²) in [6.45, 7) is 2.19. The molecule has 1 N–H and O–H groups in total. The number of anilines is 1. The number of nitrogens with one attached hydrogen (secondary N) is 1. The number of pyridine rings is 1. The van der Waals surface area contributed by atoms with Crippen molar-refractivity contribution in [3.05, 3.63) is 102 Å². The lowest BCUT2D eigenvalue weighted by Crippen LogP contribution is -2.13. The number of imidazole rings is 1. The molecule has 0 spiro atoms. The van der Waals surface area contributed by atoms with Crippen LogP contribution in [-0.2, 0) is 6.61 Å². The minimum Gasteiger partial charge on any atom is -0.489 e. The Kier molecular flexibility index (Phi) is 5.72. The minimum absolute atomic E-state index is 0.235. The van der Waals surface area contributed by atoms with E-state index in [-0.39, 0.29) is 12.5 Å². The molecule has 0 aliphatic rings. The fraction of sp³-hybridized carbons (Fsp3) is 0.0833. The van der Waals surface area contributed by atoms with Gasteiger partial charge in [0, 0.05) is 18.0 Å². The Hall–Kier alpha value is -4.44. The number of carbonyl (C=O) groups excluding carboxylic acids is 1. The van der Waals surface area contributed by atoms with Crippen LogP contribution in [0.15, 0.2) is 79.3 Å². The van der Waals surface area contributed by atoms with E-state index < -0.39 is 0 Å². The molecule has 0 saturated carbocycles. The molecule has 7 heteroatoms. The maximum atomic E-state index is 12.7. The van der Waals surface area contributed by atoms with E-state index in [0.29, 0.717) is 22.6 Å². The van der Waals surface area contributed by atoms with Gasteiger partial charge >= 0.3 is 0 Å². The van der Waals surface area contributed by atoms with Crippen molar-refractivity contribution in [3.63, 3.8) is 0 Å². The molecule has 2 heterocycles. The largest absolute Gasteiger partial charge is 0.489 e. The van der Waals surface area contributed by atoms with Crippen molar-refractivity contribution >= 4 is 11.6 Å². The van der Waals surface area contributed by atoms with Crippen LogP contribution in [0.2, 0.25) is 0 Å². The van der Waals surface area contributed by atoms with Gasteiger partial charge in [-0.1, -0.05) is 18.2 Å². The molecule has 31 heavy (non-hydrogen) atoms. The first-order chi connectivity index (χ1) is 15.1. The highest BCUT2D eigenvalue weighted by atomic mass is 16.5. The third-order valence-electron chi connectivity index (χ3n) is 4.64. The van der Waals surface area contributed by atoms with Crippen LogP contribution in [-0.4, -0.2) is 20.4 Å². The van der Waals surface area contributed by atoms with Crippen molar-refractivity contribution in [2.75, 3.05) is 5.32 Å². The summed E-state index contributed by atoms with van der Waals surface area (Å²) in [7, 11) is 0. The van der Waals surface area contributed by atoms with E-state index in [9.17, 15) is 4.79 Å². The number of amides is 1. The Bertz CT molecular complexity index is 1260. The number of ether oxygens (including phenoxy) is 1. The average Bonchev–Trinajstić information content (AvgIpc) is 3.24. The molecule has 0 radical (unpaired) electrons. The predicted octanol–water partition coefficient (Wildman–Crippen LogP) is 4.28. The lowest BCUT2D eigenvalue weighted by molar-refractivity contribution is 0.102. The topological polar surface area (TPSA) is 92.8 Å². The molecule has 0 fully saturated rings. The number of aromatic nitrogens is 3. The SMILES string of the molecule is Cc1nccn1-c1ccc(NC(=O)c2cccc(COc3cccc(C#N)c3)c2)cn1. The summed E-state index contributed by atoms with van der Waals surface area (Å²) in [6, 6.07) is 19.9. The molecular formula is C24H19N5O2. The molecule has 4 aromatic rings. The first-order valence-electron chi connectivity index (χ1n) is 9.62. The van der Waals surface area contributed by atoms with E-state index in [1.807, 2.05) is 35.9 Å². The van der Waals surface area contributed by atoms with Gasteiger partial charge in [0.2, 0.25) is 0 Å². The van der Waals surface area contributed by atoms with Gasteiger partial charge in [-0.3, -0.25) is 9.36 Å². The zero-order chi connectivity index (χ0) is 21.6. The summed E-state index contributed by atoms with van der Waals surface area (Å²) in [6.07, 6.45) is 5.16. The normalized spacial score (nSPS) is 10.3. The van der Waals surface area contributed by atoms with Gasteiger partial charge in [-0.15, -0.1) is 0 Å². The second-order valence-electron chi connectivity index (χ2n) is 6.83. The number of carbonyl (C=O) groups is 1. The van der Waals surface area contributed by atoms with Crippen molar-refractivity contribution in [1.82, 2.24) is 14.5 Å². The number of benzene rings is 2. The molecule has 0 aliphatic carbocycles. The van der Waals surface area contributed by atoms with E-state index in [2.05, 4.69) is 21.4 Å². The number of aryl methyl sites for hydroxylation is 1. The van der Waals surface area contributed by atoms with Crippen molar-refractivity contribution in [1.29, 1.82) is 5.26 Å². The number of hydrogen-bond acceptors (Lipinski definition) is 5. The first kappa shape index (κ1) is 19.9. The summed E-state index contributed by atoms with van der Waals surface area (Å²) in [5, 5.41) is 11.8. The summed E-state index contributed by atoms with van der Waals surface area (Å²) < 4.78 is 7.61. The predicted molar refractivity (Wildman–Crippen MR) is 116 cm³/mol. The molecule has 0 aliphatic heterocycles. The Morgan fingerprint density at radius 1 is 1.13 bits per heavy atom. The molecule has 1 amide bonds. The quantitative estimate of drug-likeness (QED) is 0.513. The monoisotopic (exact) mass is 409 g/mol. The second kappa shape index (κ2) is 8.93. The first-order valence-corrected chi connectivity index (χ1v) is 9.62. The summed E-state index contributed by atoms with van der Waals surface area (Å²) in [5.41, 5.74) is 2.50. The highest BCUT2D eigenvalue weighted by molar-refractivity contribution is 6.04. The minimum atomic E-state index is -0.235. The fourth-order valence-electron chi connectivity index (χ4n) is 3.05. The molecule has 0 unspecified atom stereocenters. The van der Waals surface area contributed by atoms with Gasteiger partial charge in [-0.25, -0.2) is 9.97 Å². The Morgan fingerprint density at radius 3 is 2.74 bits per heavy atom. The lowest BCUT2D eigenvalue weighted by atomic mass is 10.1. The average molecular weight is 409 g/mol. The Balaban J connectivity index is 1.41. The van der Waals surface area contributed by atoms with E-state index in [4.69, 9.17) is 10.00 Å². The Morgan fingerprint density at radius 2 is 2.00 bits per heavy atom. The van der Waals surface area contributed by atoms with Gasteiger partial charge in [-0.2, -0.15) is 5.26 Å². The molecule has 152 valence electrons. The molecule has 0 saturated heterocycles. The van der Waals surface area contributed by atoms with Crippen LogP contribution in [0.3, 0.4) is 0 Å². The highest BCUT2D eigenvalue weighted by Crippen LogP contribution is 2.17. The number of rotatable bonds is 6. The lowest BCUT2D eigenvalue weighted by Gasteiger charge is -2.09. The van der Waals surface area contributed by atoms with Crippen LogP contribution in [0.25, 0.3) is 5.82 Å². The van der Waals surface area contributed by atoms with Crippen molar-refractivity contribution in [2.45, 2.75) is 13.5 Å². The second-order valence-corrected chi connectivity index (χ2v) is 6.83. The Labute approximate surface area is 179 Å². The number of nitriles is 1. The highest BCUT2D eigenvalue weighted by Gasteiger charge is 2.09. The molecular weight excluding hydrogens is 390 g/mol. The van der Waals surface area contributed by atoms with Crippen LogP contribution in [0, 0.1) is 18.3 Å². The van der Waals surface area contributed by atoms with Crippen molar-refractivity contribution < 1.29 is 9.53 Å². The molecule has 0 bridgehead atoms. The molecule has 4 rings (SSSR count). The van der Waals surface area contributed by atoms with Crippen molar-refractivity contribution in [2.24, 2.45) is 0 Å². The summed E-state index contributed by atoms with van der Waals surface area (Å²) in [4.78, 5) is 21.2. The van der Waals surface area contributed by atoms with Gasteiger partial charge in [0.25, 0.3) is 5.91 Å². The summed E-state index contributed by atoms with van der Waals surface area (Å²) in [5.74, 6) is 1.94. The third-order valence-corrected chi connectivity index (χ3v) is 4.64. The van der Waals surface area contributed by atoms with Crippen LogP contribution in [0.5, 0.6) is 5.75 Å². The maximum Gasteiger partial charge on any atom is 0.255 e. The fourth-order valence-corrected chi connectivity index (χ4v) is 3.05. The van der Waals surface area contributed by atoms with Gasteiger partial charge in [0.15, 0.2) is 0 Å². The third kappa shape index (κ3) is 4.77.